The number of nitrogens with zero attached hydrogens (tertiary/aromatic N) is 1. The number of aromatic nitrogens is 2. The maximum atomic E-state index is 12.9. The molecule has 0 saturated heterocycles. The fourth-order valence-electron chi connectivity index (χ4n) is 2.16. The summed E-state index contributed by atoms with van der Waals surface area (Å²) in [5, 5.41) is 10.9. The number of carboxylic acids is 1. The first-order valence-electron chi connectivity index (χ1n) is 6.52. The van der Waals surface area contributed by atoms with Gasteiger partial charge in [-0.1, -0.05) is 18.2 Å². The molecule has 5 nitrogen and oxygen atoms in total. The second-order valence-corrected chi connectivity index (χ2v) is 4.84. The van der Waals surface area contributed by atoms with Crippen LogP contribution in [-0.2, 0) is 6.42 Å². The number of hydrogen-bond acceptors (Lipinski definition) is 4. The van der Waals surface area contributed by atoms with E-state index >= 15 is 0 Å². The number of benzene rings is 2. The van der Waals surface area contributed by atoms with Crippen LogP contribution in [0.4, 0.5) is 4.39 Å². The van der Waals surface area contributed by atoms with Gasteiger partial charge in [-0.3, -0.25) is 4.79 Å². The van der Waals surface area contributed by atoms with Gasteiger partial charge in [0.15, 0.2) is 0 Å². The number of aromatic carboxylic acids is 1. The molecule has 0 unspecified atom stereocenters. The third-order valence-electron chi connectivity index (χ3n) is 3.28. The molecule has 0 fully saturated rings. The van der Waals surface area contributed by atoms with Crippen LogP contribution in [0.2, 0.25) is 0 Å². The molecule has 3 aromatic rings. The zero-order valence-electron chi connectivity index (χ0n) is 11.3. The lowest BCUT2D eigenvalue weighted by Gasteiger charge is -2.06. The van der Waals surface area contributed by atoms with Gasteiger partial charge in [0.2, 0.25) is 0 Å². The van der Waals surface area contributed by atoms with Gasteiger partial charge in [0.25, 0.3) is 5.56 Å². The van der Waals surface area contributed by atoms with Crippen LogP contribution < -0.4 is 10.7 Å². The van der Waals surface area contributed by atoms with Gasteiger partial charge in [0, 0.05) is 6.42 Å². The van der Waals surface area contributed by atoms with Crippen molar-refractivity contribution in [1.82, 2.24) is 9.97 Å². The smallest absolute Gasteiger partial charge is 0.270 e. The second-order valence-electron chi connectivity index (χ2n) is 4.84. The summed E-state index contributed by atoms with van der Waals surface area (Å²) in [5.74, 6) is -1.67. The fraction of sp³-hybridized carbons (Fsp3) is 0.0625. The minimum Gasteiger partial charge on any atom is -0.545 e. The van der Waals surface area contributed by atoms with E-state index in [9.17, 15) is 19.1 Å². The zero-order chi connectivity index (χ0) is 15.7. The predicted octanol–water partition coefficient (Wildman–Crippen LogP) is 1.02. The molecule has 3 rings (SSSR count). The van der Waals surface area contributed by atoms with Crippen molar-refractivity contribution in [3.63, 3.8) is 0 Å². The molecule has 0 aliphatic rings. The molecule has 110 valence electrons. The maximum absolute atomic E-state index is 12.9. The van der Waals surface area contributed by atoms with Gasteiger partial charge < -0.3 is 14.9 Å². The van der Waals surface area contributed by atoms with E-state index in [1.807, 2.05) is 0 Å². The van der Waals surface area contributed by atoms with E-state index in [2.05, 4.69) is 9.97 Å². The molecule has 0 amide bonds. The summed E-state index contributed by atoms with van der Waals surface area (Å²) in [4.78, 5) is 29.7. The molecule has 0 aliphatic carbocycles. The lowest BCUT2D eigenvalue weighted by molar-refractivity contribution is -0.255. The van der Waals surface area contributed by atoms with Crippen molar-refractivity contribution in [3.05, 3.63) is 75.5 Å². The number of halogens is 1. The molecule has 22 heavy (non-hydrogen) atoms. The first-order valence-corrected chi connectivity index (χ1v) is 6.52. The van der Waals surface area contributed by atoms with Gasteiger partial charge >= 0.3 is 0 Å². The van der Waals surface area contributed by atoms with Crippen molar-refractivity contribution in [1.29, 1.82) is 0 Å². The van der Waals surface area contributed by atoms with Crippen molar-refractivity contribution in [2.24, 2.45) is 0 Å². The van der Waals surface area contributed by atoms with Gasteiger partial charge in [-0.05, 0) is 35.4 Å². The van der Waals surface area contributed by atoms with E-state index in [4.69, 9.17) is 0 Å². The molecule has 0 saturated carbocycles. The van der Waals surface area contributed by atoms with Crippen LogP contribution in [0, 0.1) is 5.82 Å². The Bertz CT molecular complexity index is 917. The number of carboxylic acid groups (broad SMARTS) is 1. The summed E-state index contributed by atoms with van der Waals surface area (Å²) in [5.41, 5.74) is 1.39. The quantitative estimate of drug-likeness (QED) is 0.782. The summed E-state index contributed by atoms with van der Waals surface area (Å²) in [6, 6.07) is 9.90. The number of fused-ring (bicyclic) bond motifs is 1. The second kappa shape index (κ2) is 5.40. The SMILES string of the molecule is O=C([O-])c1ccc2[nH]c(=O)c(Cc3ccc(F)cc3)nc2c1. The molecule has 0 atom stereocenters. The van der Waals surface area contributed by atoms with E-state index in [-0.39, 0.29) is 29.1 Å². The Hall–Kier alpha value is -3.02. The molecular formula is C16H10FN2O3-. The normalized spacial score (nSPS) is 10.8. The van der Waals surface area contributed by atoms with Crippen LogP contribution in [0.25, 0.3) is 11.0 Å². The Morgan fingerprint density at radius 1 is 1.18 bits per heavy atom. The Balaban J connectivity index is 2.05. The lowest BCUT2D eigenvalue weighted by atomic mass is 10.1. The first kappa shape index (κ1) is 13.9. The highest BCUT2D eigenvalue weighted by atomic mass is 19.1. The molecule has 2 aromatic carbocycles. The summed E-state index contributed by atoms with van der Waals surface area (Å²) in [7, 11) is 0. The number of rotatable bonds is 3. The van der Waals surface area contributed by atoms with Crippen LogP contribution in [0.15, 0.2) is 47.3 Å². The van der Waals surface area contributed by atoms with Gasteiger partial charge in [-0.15, -0.1) is 0 Å². The highest BCUT2D eigenvalue weighted by Crippen LogP contribution is 2.12. The average molecular weight is 297 g/mol. The van der Waals surface area contributed by atoms with Crippen molar-refractivity contribution >= 4 is 17.0 Å². The highest BCUT2D eigenvalue weighted by molar-refractivity contribution is 5.90. The average Bonchev–Trinajstić information content (AvgIpc) is 2.49. The number of carbonyl (C=O) groups is 1. The Labute approximate surface area is 124 Å². The van der Waals surface area contributed by atoms with Gasteiger partial charge in [-0.25, -0.2) is 9.37 Å². The maximum Gasteiger partial charge on any atom is 0.270 e. The predicted molar refractivity (Wildman–Crippen MR) is 75.9 cm³/mol. The van der Waals surface area contributed by atoms with Gasteiger partial charge in [0.1, 0.15) is 11.5 Å². The van der Waals surface area contributed by atoms with E-state index in [0.717, 1.165) is 5.56 Å². The Kier molecular flexibility index (Phi) is 3.42. The largest absolute Gasteiger partial charge is 0.545 e. The Morgan fingerprint density at radius 3 is 2.59 bits per heavy atom. The van der Waals surface area contributed by atoms with Gasteiger partial charge in [-0.2, -0.15) is 0 Å². The van der Waals surface area contributed by atoms with Crippen molar-refractivity contribution in [2.75, 3.05) is 0 Å². The number of hydrogen-bond donors (Lipinski definition) is 1. The molecule has 1 aromatic heterocycles. The van der Waals surface area contributed by atoms with E-state index in [1.165, 1.54) is 30.3 Å². The van der Waals surface area contributed by atoms with Crippen molar-refractivity contribution in [3.8, 4) is 0 Å². The van der Waals surface area contributed by atoms with Crippen molar-refractivity contribution in [2.45, 2.75) is 6.42 Å². The number of carbonyl (C=O) groups excluding carboxylic acids is 1. The van der Waals surface area contributed by atoms with E-state index in [1.54, 1.807) is 12.1 Å². The molecule has 1 heterocycles. The van der Waals surface area contributed by atoms with Crippen molar-refractivity contribution < 1.29 is 14.3 Å². The van der Waals surface area contributed by atoms with Crippen LogP contribution in [0.1, 0.15) is 21.6 Å². The van der Waals surface area contributed by atoms with Crippen LogP contribution in [-0.4, -0.2) is 15.9 Å². The molecule has 0 aliphatic heterocycles. The highest BCUT2D eigenvalue weighted by Gasteiger charge is 2.07. The summed E-state index contributed by atoms with van der Waals surface area (Å²) in [6.07, 6.45) is 0.223. The third-order valence-corrected chi connectivity index (χ3v) is 3.28. The van der Waals surface area contributed by atoms with E-state index < -0.39 is 5.97 Å². The number of aromatic amines is 1. The van der Waals surface area contributed by atoms with E-state index in [0.29, 0.717) is 11.0 Å². The fourth-order valence-corrected chi connectivity index (χ4v) is 2.16. The van der Waals surface area contributed by atoms with Crippen LogP contribution >= 0.6 is 0 Å². The summed E-state index contributed by atoms with van der Waals surface area (Å²) in [6.45, 7) is 0. The first-order chi connectivity index (χ1) is 10.5. The number of nitrogens with one attached hydrogen (secondary N) is 1. The van der Waals surface area contributed by atoms with Crippen LogP contribution in [0.5, 0.6) is 0 Å². The third kappa shape index (κ3) is 2.71. The minimum atomic E-state index is -1.31. The number of H-pyrrole nitrogens is 1. The Morgan fingerprint density at radius 2 is 1.91 bits per heavy atom. The monoisotopic (exact) mass is 297 g/mol. The lowest BCUT2D eigenvalue weighted by Crippen LogP contribution is -2.22. The molecular weight excluding hydrogens is 287 g/mol. The molecule has 0 spiro atoms. The standard InChI is InChI=1S/C16H11FN2O3/c17-11-4-1-9(2-5-11)7-14-15(20)19-12-6-3-10(16(21)22)8-13(12)18-14/h1-6,8H,7H2,(H,19,20)(H,21,22)/p-1. The zero-order valence-corrected chi connectivity index (χ0v) is 11.3. The molecule has 6 heteroatoms. The van der Waals surface area contributed by atoms with Gasteiger partial charge in [0.05, 0.1) is 17.0 Å². The minimum absolute atomic E-state index is 0.0141. The van der Waals surface area contributed by atoms with Crippen LogP contribution in [0.3, 0.4) is 0 Å². The summed E-state index contributed by atoms with van der Waals surface area (Å²) >= 11 is 0. The summed E-state index contributed by atoms with van der Waals surface area (Å²) < 4.78 is 12.9. The molecule has 0 radical (unpaired) electrons. The topological polar surface area (TPSA) is 85.9 Å². The molecule has 1 N–H and O–H groups in total. The molecule has 0 bridgehead atoms.